The molecule has 1 heterocycles. The van der Waals surface area contributed by atoms with Gasteiger partial charge in [0.15, 0.2) is 12.3 Å². The molecular formula is C24H36N2O7P+. The zero-order valence-corrected chi connectivity index (χ0v) is 20.7. The molecule has 0 radical (unpaired) electrons. The highest BCUT2D eigenvalue weighted by Gasteiger charge is 2.40. The summed E-state index contributed by atoms with van der Waals surface area (Å²) in [6.07, 6.45) is 4.02. The lowest BCUT2D eigenvalue weighted by atomic mass is 10.1. The van der Waals surface area contributed by atoms with Crippen molar-refractivity contribution in [3.63, 3.8) is 0 Å². The highest BCUT2D eigenvalue weighted by molar-refractivity contribution is 7.39. The van der Waals surface area contributed by atoms with E-state index in [2.05, 4.69) is 5.32 Å². The van der Waals surface area contributed by atoms with Crippen molar-refractivity contribution in [2.24, 2.45) is 0 Å². The van der Waals surface area contributed by atoms with E-state index in [1.54, 1.807) is 0 Å². The Morgan fingerprint density at radius 2 is 1.94 bits per heavy atom. The van der Waals surface area contributed by atoms with E-state index in [9.17, 15) is 24.1 Å². The van der Waals surface area contributed by atoms with E-state index in [0.717, 1.165) is 24.8 Å². The van der Waals surface area contributed by atoms with Gasteiger partial charge in [-0.3, -0.25) is 4.79 Å². The van der Waals surface area contributed by atoms with Crippen LogP contribution in [0.5, 0.6) is 0 Å². The first-order valence-electron chi connectivity index (χ1n) is 12.0. The number of hydrogen-bond acceptors (Lipinski definition) is 6. The number of carbonyl (C=O) groups is 3. The lowest BCUT2D eigenvalue weighted by Crippen LogP contribution is -2.45. The van der Waals surface area contributed by atoms with E-state index in [-0.39, 0.29) is 6.61 Å². The molecule has 188 valence electrons. The van der Waals surface area contributed by atoms with Gasteiger partial charge in [-0.05, 0) is 55.1 Å². The highest BCUT2D eigenvalue weighted by Crippen LogP contribution is 2.30. The van der Waals surface area contributed by atoms with Gasteiger partial charge < -0.3 is 20.1 Å². The van der Waals surface area contributed by atoms with Crippen LogP contribution in [0.25, 0.3) is 0 Å². The molecule has 3 atom stereocenters. The van der Waals surface area contributed by atoms with Gasteiger partial charge in [0.1, 0.15) is 12.6 Å². The first-order valence-corrected chi connectivity index (χ1v) is 13.4. The van der Waals surface area contributed by atoms with E-state index in [1.807, 2.05) is 37.3 Å². The molecule has 1 aliphatic heterocycles. The molecule has 0 bridgehead atoms. The molecule has 1 aromatic rings. The van der Waals surface area contributed by atoms with Crippen LogP contribution in [0.3, 0.4) is 0 Å². The number of benzene rings is 1. The monoisotopic (exact) mass is 495 g/mol. The van der Waals surface area contributed by atoms with E-state index < -0.39 is 38.1 Å². The number of rotatable bonds is 15. The van der Waals surface area contributed by atoms with E-state index in [0.29, 0.717) is 51.4 Å². The van der Waals surface area contributed by atoms with E-state index in [4.69, 9.17) is 9.26 Å². The van der Waals surface area contributed by atoms with E-state index >= 15 is 0 Å². The molecule has 0 aliphatic carbocycles. The van der Waals surface area contributed by atoms with Crippen LogP contribution >= 0.6 is 8.03 Å². The molecule has 2 N–H and O–H groups in total. The number of ether oxygens (including phenoxy) is 1. The zero-order chi connectivity index (χ0) is 24.8. The number of likely N-dealkylation sites (tertiary alicyclic amines) is 1. The zero-order valence-electron chi connectivity index (χ0n) is 19.8. The van der Waals surface area contributed by atoms with Crippen molar-refractivity contribution in [3.05, 3.63) is 35.9 Å². The van der Waals surface area contributed by atoms with Crippen LogP contribution < -0.4 is 5.32 Å². The molecule has 1 unspecified atom stereocenters. The van der Waals surface area contributed by atoms with Crippen LogP contribution in [-0.2, 0) is 30.0 Å². The van der Waals surface area contributed by atoms with Gasteiger partial charge in [0.25, 0.3) is 5.91 Å². The van der Waals surface area contributed by atoms with Crippen LogP contribution in [0.4, 0.5) is 4.79 Å². The maximum Gasteiger partial charge on any atom is 0.508 e. The van der Waals surface area contributed by atoms with Crippen LogP contribution in [0.1, 0.15) is 63.9 Å². The number of aliphatic carboxylic acids is 1. The Balaban J connectivity index is 1.79. The summed E-state index contributed by atoms with van der Waals surface area (Å²) in [4.78, 5) is 37.7. The predicted molar refractivity (Wildman–Crippen MR) is 128 cm³/mol. The molecule has 0 aromatic heterocycles. The third-order valence-corrected chi connectivity index (χ3v) is 6.83. The molecule has 1 aliphatic rings. The lowest BCUT2D eigenvalue weighted by Gasteiger charge is -2.24. The Kier molecular flexibility index (Phi) is 12.6. The highest BCUT2D eigenvalue weighted by atomic mass is 31.1. The minimum atomic E-state index is -2.00. The van der Waals surface area contributed by atoms with Crippen LogP contribution in [0, 0.1) is 0 Å². The molecule has 34 heavy (non-hydrogen) atoms. The molecular weight excluding hydrogens is 459 g/mol. The summed E-state index contributed by atoms with van der Waals surface area (Å²) in [7, 11) is -2.00. The second-order valence-electron chi connectivity index (χ2n) is 8.37. The summed E-state index contributed by atoms with van der Waals surface area (Å²) in [5, 5.41) is 12.1. The van der Waals surface area contributed by atoms with Gasteiger partial charge in [-0.15, -0.1) is 4.52 Å². The van der Waals surface area contributed by atoms with Gasteiger partial charge in [0.2, 0.25) is 0 Å². The second-order valence-corrected chi connectivity index (χ2v) is 9.69. The molecule has 0 saturated carbocycles. The van der Waals surface area contributed by atoms with Gasteiger partial charge in [-0.2, -0.15) is 0 Å². The summed E-state index contributed by atoms with van der Waals surface area (Å²) >= 11 is 0. The third kappa shape index (κ3) is 9.77. The van der Waals surface area contributed by atoms with E-state index in [1.165, 1.54) is 4.90 Å². The second kappa shape index (κ2) is 15.4. The maximum absolute atomic E-state index is 13.0. The van der Waals surface area contributed by atoms with Crippen molar-refractivity contribution in [3.8, 4) is 0 Å². The minimum Gasteiger partial charge on any atom is -0.480 e. The van der Waals surface area contributed by atoms with Crippen molar-refractivity contribution in [2.75, 3.05) is 19.3 Å². The predicted octanol–water partition coefficient (Wildman–Crippen LogP) is 4.48. The van der Waals surface area contributed by atoms with Gasteiger partial charge in [-0.1, -0.05) is 43.7 Å². The van der Waals surface area contributed by atoms with Crippen molar-refractivity contribution in [2.45, 2.75) is 77.0 Å². The Morgan fingerprint density at radius 3 is 2.65 bits per heavy atom. The Hall–Kier alpha value is -2.51. The molecule has 2 amide bonds. The summed E-state index contributed by atoms with van der Waals surface area (Å²) in [5.41, 5.74) is 0.894. The molecule has 9 nitrogen and oxygen atoms in total. The smallest absolute Gasteiger partial charge is 0.480 e. The van der Waals surface area contributed by atoms with Crippen molar-refractivity contribution in [1.82, 2.24) is 10.2 Å². The number of alkyl carbamates (subject to hydrolysis) is 1. The fraction of sp³-hybridized carbons (Fsp3) is 0.625. The van der Waals surface area contributed by atoms with Crippen molar-refractivity contribution in [1.29, 1.82) is 0 Å². The molecule has 0 spiro atoms. The topological polar surface area (TPSA) is 122 Å². The van der Waals surface area contributed by atoms with Crippen LogP contribution in [0.2, 0.25) is 0 Å². The number of nitrogens with one attached hydrogen (secondary N) is 1. The Labute approximate surface area is 202 Å². The van der Waals surface area contributed by atoms with Gasteiger partial charge in [0, 0.05) is 13.1 Å². The number of carbonyl (C=O) groups excluding carboxylic acids is 2. The molecule has 2 rings (SSSR count). The summed E-state index contributed by atoms with van der Waals surface area (Å²) in [5.74, 6) is -1.45. The normalized spacial score (nSPS) is 16.7. The summed E-state index contributed by atoms with van der Waals surface area (Å²) in [6, 6.07) is 8.50. The lowest BCUT2D eigenvalue weighted by molar-refractivity contribution is -0.151. The Morgan fingerprint density at radius 1 is 1.18 bits per heavy atom. The first kappa shape index (κ1) is 27.7. The molecule has 1 saturated heterocycles. The molecule has 10 heteroatoms. The third-order valence-electron chi connectivity index (χ3n) is 5.66. The molecule has 1 fully saturated rings. The van der Waals surface area contributed by atoms with Gasteiger partial charge >= 0.3 is 20.1 Å². The number of unbranched alkanes of at least 4 members (excludes halogenated alkanes) is 3. The standard InChI is InChI=1S/C24H35N2O7P/c1-2-3-9-17-34(31)33-21(22(27)26-16-10-13-20(26)23(28)29)14-7-8-15-25-24(30)32-18-19-11-5-4-6-12-19/h4-6,11-12,20-21H,2-3,7-10,13-18H2,1H3,(H-,25,28,29,30)/p+1/t20-,21-/m0/s1. The van der Waals surface area contributed by atoms with Gasteiger partial charge in [0.05, 0.1) is 0 Å². The number of nitrogens with zero attached hydrogens (tertiary/aromatic N) is 1. The fourth-order valence-corrected chi connectivity index (χ4v) is 4.86. The minimum absolute atomic E-state index is 0.183. The van der Waals surface area contributed by atoms with Crippen LogP contribution in [-0.4, -0.2) is 59.4 Å². The first-order chi connectivity index (χ1) is 16.4. The number of carboxylic acids is 1. The van der Waals surface area contributed by atoms with Gasteiger partial charge in [-0.25, -0.2) is 9.59 Å². The van der Waals surface area contributed by atoms with Crippen molar-refractivity contribution >= 4 is 26.0 Å². The summed E-state index contributed by atoms with van der Waals surface area (Å²) < 4.78 is 23.2. The number of hydrogen-bond donors (Lipinski definition) is 2. The number of amides is 2. The fourth-order valence-electron chi connectivity index (χ4n) is 3.80. The Bertz CT molecular complexity index is 806. The average Bonchev–Trinajstić information content (AvgIpc) is 3.32. The molecule has 1 aromatic carbocycles. The quantitative estimate of drug-likeness (QED) is 0.272. The number of carboxylic acid groups (broad SMARTS) is 1. The SMILES string of the molecule is CCCCC[P+](=O)O[C@@H](CCCCNC(=O)OCc1ccccc1)C(=O)N1CCC[C@H]1C(=O)O. The van der Waals surface area contributed by atoms with Crippen molar-refractivity contribution < 1.29 is 33.3 Å². The average molecular weight is 496 g/mol. The largest absolute Gasteiger partial charge is 0.508 e. The maximum atomic E-state index is 13.0. The van der Waals surface area contributed by atoms with Crippen LogP contribution in [0.15, 0.2) is 30.3 Å². The summed E-state index contributed by atoms with van der Waals surface area (Å²) in [6.45, 7) is 2.95.